The van der Waals surface area contributed by atoms with E-state index in [4.69, 9.17) is 10.1 Å². The van der Waals surface area contributed by atoms with Crippen LogP contribution < -0.4 is 0 Å². The van der Waals surface area contributed by atoms with Crippen LogP contribution in [-0.4, -0.2) is 40.6 Å². The van der Waals surface area contributed by atoms with E-state index in [1.54, 1.807) is 23.5 Å². The topological polar surface area (TPSA) is 53.4 Å². The average Bonchev–Trinajstić information content (AvgIpc) is 2.90. The molecule has 0 saturated carbocycles. The van der Waals surface area contributed by atoms with E-state index in [-0.39, 0.29) is 0 Å². The summed E-state index contributed by atoms with van der Waals surface area (Å²) in [5, 5.41) is 10.2. The van der Waals surface area contributed by atoms with Gasteiger partial charge in [0.15, 0.2) is 0 Å². The van der Waals surface area contributed by atoms with Crippen LogP contribution in [0.5, 0.6) is 0 Å². The Balaban J connectivity index is 1.84. The molecule has 0 bridgehead atoms. The number of aromatic nitrogens is 1. The standard InChI is InChI=1S/C15H18N2O2S/c1-2-17-7-5-10(6-8-17)14-16-12-4-3-11(15(18)19)9-13(12)20-14/h3-4,9-10H,2,5-8H2,1H3,(H,18,19). The highest BCUT2D eigenvalue weighted by atomic mass is 32.1. The summed E-state index contributed by atoms with van der Waals surface area (Å²) in [6.07, 6.45) is 2.30. The van der Waals surface area contributed by atoms with Crippen molar-refractivity contribution >= 4 is 27.5 Å². The van der Waals surface area contributed by atoms with E-state index in [0.717, 1.165) is 42.7 Å². The maximum Gasteiger partial charge on any atom is 0.335 e. The first-order valence-electron chi connectivity index (χ1n) is 7.03. The Morgan fingerprint density at radius 3 is 2.85 bits per heavy atom. The Morgan fingerprint density at radius 1 is 1.45 bits per heavy atom. The van der Waals surface area contributed by atoms with Gasteiger partial charge in [-0.2, -0.15) is 0 Å². The molecule has 1 N–H and O–H groups in total. The van der Waals surface area contributed by atoms with Gasteiger partial charge in [-0.15, -0.1) is 11.3 Å². The fourth-order valence-corrected chi connectivity index (χ4v) is 3.92. The minimum absolute atomic E-state index is 0.341. The van der Waals surface area contributed by atoms with Crippen LogP contribution in [0.25, 0.3) is 10.2 Å². The summed E-state index contributed by atoms with van der Waals surface area (Å²) in [4.78, 5) is 18.2. The second-order valence-corrected chi connectivity index (χ2v) is 6.31. The number of fused-ring (bicyclic) bond motifs is 1. The molecular weight excluding hydrogens is 272 g/mol. The van der Waals surface area contributed by atoms with Crippen molar-refractivity contribution in [1.29, 1.82) is 0 Å². The highest BCUT2D eigenvalue weighted by molar-refractivity contribution is 7.18. The van der Waals surface area contributed by atoms with Gasteiger partial charge in [-0.05, 0) is 50.7 Å². The van der Waals surface area contributed by atoms with Crippen molar-refractivity contribution in [2.45, 2.75) is 25.7 Å². The normalized spacial score (nSPS) is 17.6. The molecule has 1 aromatic heterocycles. The maximum atomic E-state index is 11.0. The van der Waals surface area contributed by atoms with Crippen LogP contribution >= 0.6 is 11.3 Å². The molecular formula is C15H18N2O2S. The molecule has 0 spiro atoms. The summed E-state index contributed by atoms with van der Waals surface area (Å²) in [6, 6.07) is 5.19. The summed E-state index contributed by atoms with van der Waals surface area (Å²) in [7, 11) is 0. The zero-order valence-electron chi connectivity index (χ0n) is 11.5. The van der Waals surface area contributed by atoms with Gasteiger partial charge in [0.1, 0.15) is 0 Å². The van der Waals surface area contributed by atoms with Crippen molar-refractivity contribution in [2.24, 2.45) is 0 Å². The molecule has 106 valence electrons. The van der Waals surface area contributed by atoms with E-state index in [2.05, 4.69) is 11.8 Å². The largest absolute Gasteiger partial charge is 0.478 e. The number of benzene rings is 1. The number of likely N-dealkylation sites (tertiary alicyclic amines) is 1. The van der Waals surface area contributed by atoms with Crippen LogP contribution in [0.3, 0.4) is 0 Å². The van der Waals surface area contributed by atoms with E-state index in [1.807, 2.05) is 6.07 Å². The third kappa shape index (κ3) is 2.55. The SMILES string of the molecule is CCN1CCC(c2nc3ccc(C(=O)O)cc3s2)CC1. The van der Waals surface area contributed by atoms with Crippen molar-refractivity contribution in [3.05, 3.63) is 28.8 Å². The van der Waals surface area contributed by atoms with E-state index in [1.165, 1.54) is 5.01 Å². The van der Waals surface area contributed by atoms with Crippen LogP contribution in [0, 0.1) is 0 Å². The summed E-state index contributed by atoms with van der Waals surface area (Å²) in [6.45, 7) is 5.59. The van der Waals surface area contributed by atoms with Gasteiger partial charge in [0.05, 0.1) is 20.8 Å². The van der Waals surface area contributed by atoms with Crippen LogP contribution in [0.1, 0.15) is 41.0 Å². The quantitative estimate of drug-likeness (QED) is 0.943. The predicted molar refractivity (Wildman–Crippen MR) is 80.7 cm³/mol. The number of carboxylic acid groups (broad SMARTS) is 1. The third-order valence-corrected chi connectivity index (χ3v) is 5.22. The van der Waals surface area contributed by atoms with E-state index < -0.39 is 5.97 Å². The summed E-state index contributed by atoms with van der Waals surface area (Å²) in [5.41, 5.74) is 1.27. The third-order valence-electron chi connectivity index (χ3n) is 4.04. The second-order valence-electron chi connectivity index (χ2n) is 5.25. The smallest absolute Gasteiger partial charge is 0.335 e. The highest BCUT2D eigenvalue weighted by Gasteiger charge is 2.22. The number of thiazole rings is 1. The van der Waals surface area contributed by atoms with Crippen LogP contribution in [0.15, 0.2) is 18.2 Å². The first-order valence-corrected chi connectivity index (χ1v) is 7.85. The number of hydrogen-bond acceptors (Lipinski definition) is 4. The molecule has 5 heteroatoms. The van der Waals surface area contributed by atoms with Crippen molar-refractivity contribution in [2.75, 3.05) is 19.6 Å². The molecule has 0 amide bonds. The Hall–Kier alpha value is -1.46. The molecule has 20 heavy (non-hydrogen) atoms. The molecule has 0 unspecified atom stereocenters. The van der Waals surface area contributed by atoms with E-state index in [9.17, 15) is 4.79 Å². The van der Waals surface area contributed by atoms with Gasteiger partial charge in [0.25, 0.3) is 0 Å². The summed E-state index contributed by atoms with van der Waals surface area (Å²) >= 11 is 1.65. The van der Waals surface area contributed by atoms with Gasteiger partial charge in [0.2, 0.25) is 0 Å². The van der Waals surface area contributed by atoms with Gasteiger partial charge in [-0.25, -0.2) is 9.78 Å². The minimum Gasteiger partial charge on any atom is -0.478 e. The number of piperidine rings is 1. The summed E-state index contributed by atoms with van der Waals surface area (Å²) < 4.78 is 0.984. The number of hydrogen-bond donors (Lipinski definition) is 1. The number of nitrogens with zero attached hydrogens (tertiary/aromatic N) is 2. The Labute approximate surface area is 122 Å². The zero-order valence-corrected chi connectivity index (χ0v) is 12.3. The molecule has 0 aliphatic carbocycles. The number of rotatable bonds is 3. The molecule has 1 saturated heterocycles. The van der Waals surface area contributed by atoms with Crippen molar-refractivity contribution in [3.8, 4) is 0 Å². The summed E-state index contributed by atoms with van der Waals surface area (Å²) in [5.74, 6) is -0.346. The molecule has 1 aliphatic rings. The van der Waals surface area contributed by atoms with Gasteiger partial charge < -0.3 is 10.0 Å². The second kappa shape index (κ2) is 5.50. The number of carbonyl (C=O) groups is 1. The maximum absolute atomic E-state index is 11.0. The van der Waals surface area contributed by atoms with Crippen LogP contribution in [-0.2, 0) is 0 Å². The van der Waals surface area contributed by atoms with Crippen molar-refractivity contribution in [1.82, 2.24) is 9.88 Å². The van der Waals surface area contributed by atoms with Crippen LogP contribution in [0.4, 0.5) is 0 Å². The van der Waals surface area contributed by atoms with Gasteiger partial charge in [-0.1, -0.05) is 6.92 Å². The highest BCUT2D eigenvalue weighted by Crippen LogP contribution is 2.34. The molecule has 1 fully saturated rings. The van der Waals surface area contributed by atoms with E-state index >= 15 is 0 Å². The molecule has 2 aromatic rings. The van der Waals surface area contributed by atoms with Gasteiger partial charge >= 0.3 is 5.97 Å². The van der Waals surface area contributed by atoms with Crippen LogP contribution in [0.2, 0.25) is 0 Å². The zero-order chi connectivity index (χ0) is 14.1. The molecule has 1 aliphatic heterocycles. The fourth-order valence-electron chi connectivity index (χ4n) is 2.75. The number of carboxylic acids is 1. The first-order chi connectivity index (χ1) is 9.67. The Morgan fingerprint density at radius 2 is 2.20 bits per heavy atom. The molecule has 0 radical (unpaired) electrons. The van der Waals surface area contributed by atoms with Crippen molar-refractivity contribution < 1.29 is 9.90 Å². The molecule has 0 atom stereocenters. The lowest BCUT2D eigenvalue weighted by atomic mass is 9.98. The van der Waals surface area contributed by atoms with Crippen molar-refractivity contribution in [3.63, 3.8) is 0 Å². The lowest BCUT2D eigenvalue weighted by Crippen LogP contribution is -2.32. The Kier molecular flexibility index (Phi) is 3.72. The van der Waals surface area contributed by atoms with Gasteiger partial charge in [0, 0.05) is 5.92 Å². The lowest BCUT2D eigenvalue weighted by Gasteiger charge is -2.29. The lowest BCUT2D eigenvalue weighted by molar-refractivity contribution is 0.0697. The minimum atomic E-state index is -0.877. The average molecular weight is 290 g/mol. The van der Waals surface area contributed by atoms with Gasteiger partial charge in [-0.3, -0.25) is 0 Å². The van der Waals surface area contributed by atoms with E-state index in [0.29, 0.717) is 11.5 Å². The Bertz CT molecular complexity index is 630. The molecule has 2 heterocycles. The monoisotopic (exact) mass is 290 g/mol. The predicted octanol–water partition coefficient (Wildman–Crippen LogP) is 3.19. The first kappa shape index (κ1) is 13.5. The molecule has 3 rings (SSSR count). The number of aromatic carboxylic acids is 1. The molecule has 1 aromatic carbocycles. The molecule has 4 nitrogen and oxygen atoms in total. The fraction of sp³-hybridized carbons (Fsp3) is 0.467.